The fourth-order valence-electron chi connectivity index (χ4n) is 2.98. The van der Waals surface area contributed by atoms with E-state index in [0.29, 0.717) is 17.5 Å². The number of carbonyl (C=O) groups excluding carboxylic acids is 2. The van der Waals surface area contributed by atoms with Gasteiger partial charge in [0.05, 0.1) is 0 Å². The summed E-state index contributed by atoms with van der Waals surface area (Å²) in [5, 5.41) is 5.95. The Kier molecular flexibility index (Phi) is 5.87. The molecule has 0 aromatic heterocycles. The molecule has 25 heavy (non-hydrogen) atoms. The third-order valence-corrected chi connectivity index (χ3v) is 4.92. The maximum Gasteiger partial charge on any atom is 0.251 e. The first-order chi connectivity index (χ1) is 12.1. The summed E-state index contributed by atoms with van der Waals surface area (Å²) < 4.78 is 0. The van der Waals surface area contributed by atoms with Crippen molar-refractivity contribution in [2.75, 3.05) is 26.7 Å². The fraction of sp³-hybridized carbons (Fsp3) is 0.500. The predicted octanol–water partition coefficient (Wildman–Crippen LogP) is 2.05. The normalized spacial score (nSPS) is 19.1. The molecular weight excluding hydrogens is 314 g/mol. The van der Waals surface area contributed by atoms with Crippen molar-refractivity contribution in [1.29, 1.82) is 0 Å². The van der Waals surface area contributed by atoms with E-state index in [2.05, 4.69) is 22.6 Å². The minimum Gasteiger partial charge on any atom is -0.352 e. The molecule has 1 saturated heterocycles. The molecule has 2 amide bonds. The quantitative estimate of drug-likeness (QED) is 0.779. The van der Waals surface area contributed by atoms with Gasteiger partial charge < -0.3 is 15.5 Å². The molecule has 5 heteroatoms. The van der Waals surface area contributed by atoms with Gasteiger partial charge in [-0.1, -0.05) is 12.1 Å². The van der Waals surface area contributed by atoms with Crippen LogP contribution in [0.1, 0.15) is 41.6 Å². The molecule has 0 spiro atoms. The maximum atomic E-state index is 12.0. The molecule has 1 saturated carbocycles. The van der Waals surface area contributed by atoms with Crippen LogP contribution >= 0.6 is 0 Å². The van der Waals surface area contributed by atoms with Crippen LogP contribution in [0.15, 0.2) is 30.3 Å². The molecule has 0 bridgehead atoms. The van der Waals surface area contributed by atoms with Gasteiger partial charge in [-0.15, -0.1) is 0 Å². The van der Waals surface area contributed by atoms with Gasteiger partial charge in [0.2, 0.25) is 5.91 Å². The first kappa shape index (κ1) is 17.7. The molecule has 0 unspecified atom stereocenters. The third kappa shape index (κ3) is 5.71. The molecule has 1 heterocycles. The number of nitrogens with one attached hydrogen (secondary N) is 2. The van der Waals surface area contributed by atoms with Gasteiger partial charge >= 0.3 is 0 Å². The summed E-state index contributed by atoms with van der Waals surface area (Å²) in [6, 6.07) is 7.69. The van der Waals surface area contributed by atoms with Crippen molar-refractivity contribution < 1.29 is 9.59 Å². The Morgan fingerprint density at radius 2 is 1.80 bits per heavy atom. The first-order valence-electron chi connectivity index (χ1n) is 9.15. The second-order valence-electron chi connectivity index (χ2n) is 7.19. The predicted molar refractivity (Wildman–Crippen MR) is 99.2 cm³/mol. The highest BCUT2D eigenvalue weighted by Gasteiger charge is 2.23. The minimum atomic E-state index is -0.0607. The Hall–Kier alpha value is -2.14. The van der Waals surface area contributed by atoms with Gasteiger partial charge in [-0.25, -0.2) is 0 Å². The summed E-state index contributed by atoms with van der Waals surface area (Å²) in [4.78, 5) is 26.2. The third-order valence-electron chi connectivity index (χ3n) is 4.92. The topological polar surface area (TPSA) is 61.4 Å². The molecule has 1 aliphatic carbocycles. The highest BCUT2D eigenvalue weighted by molar-refractivity contribution is 5.95. The summed E-state index contributed by atoms with van der Waals surface area (Å²) >= 11 is 0. The zero-order valence-electron chi connectivity index (χ0n) is 14.8. The van der Waals surface area contributed by atoms with Gasteiger partial charge in [0.1, 0.15) is 0 Å². The zero-order chi connectivity index (χ0) is 17.6. The van der Waals surface area contributed by atoms with Gasteiger partial charge in [0.25, 0.3) is 5.91 Å². The Balaban J connectivity index is 1.42. The van der Waals surface area contributed by atoms with E-state index in [1.807, 2.05) is 12.1 Å². The lowest BCUT2D eigenvalue weighted by Crippen LogP contribution is -2.36. The maximum absolute atomic E-state index is 12.0. The molecule has 2 fully saturated rings. The Morgan fingerprint density at radius 1 is 1.12 bits per heavy atom. The van der Waals surface area contributed by atoms with E-state index < -0.39 is 0 Å². The van der Waals surface area contributed by atoms with Gasteiger partial charge in [-0.2, -0.15) is 0 Å². The molecule has 134 valence electrons. The van der Waals surface area contributed by atoms with Crippen LogP contribution in [0.4, 0.5) is 0 Å². The Labute approximate surface area is 149 Å². The molecule has 0 atom stereocenters. The van der Waals surface area contributed by atoms with Crippen LogP contribution in [0.3, 0.4) is 0 Å². The number of carbonyl (C=O) groups is 2. The van der Waals surface area contributed by atoms with Crippen LogP contribution in [-0.4, -0.2) is 49.4 Å². The Morgan fingerprint density at radius 3 is 2.44 bits per heavy atom. The van der Waals surface area contributed by atoms with E-state index in [1.165, 1.54) is 0 Å². The van der Waals surface area contributed by atoms with Crippen molar-refractivity contribution in [1.82, 2.24) is 15.5 Å². The number of piperidine rings is 1. The molecule has 2 N–H and O–H groups in total. The summed E-state index contributed by atoms with van der Waals surface area (Å²) in [7, 11) is 2.14. The monoisotopic (exact) mass is 341 g/mol. The second-order valence-corrected chi connectivity index (χ2v) is 7.19. The van der Waals surface area contributed by atoms with Crippen LogP contribution < -0.4 is 10.6 Å². The lowest BCUT2D eigenvalue weighted by atomic mass is 9.97. The van der Waals surface area contributed by atoms with Crippen molar-refractivity contribution in [3.8, 4) is 0 Å². The lowest BCUT2D eigenvalue weighted by Gasteiger charge is -2.28. The van der Waals surface area contributed by atoms with Gasteiger partial charge in [-0.05, 0) is 75.5 Å². The summed E-state index contributed by atoms with van der Waals surface area (Å²) in [6.45, 7) is 2.96. The standard InChI is InChI=1S/C20H27N3O2/c1-23-12-10-16(11-13-23)14-21-19(24)9-4-15-2-5-17(6-3-15)20(25)22-18-7-8-18/h2-6,9,16,18H,7-8,10-14H2,1H3,(H,21,24)(H,22,25)/b9-4+. The first-order valence-corrected chi connectivity index (χ1v) is 9.15. The van der Waals surface area contributed by atoms with E-state index in [-0.39, 0.29) is 11.8 Å². The second kappa shape index (κ2) is 8.30. The van der Waals surface area contributed by atoms with Crippen LogP contribution in [0.5, 0.6) is 0 Å². The van der Waals surface area contributed by atoms with E-state index in [9.17, 15) is 9.59 Å². The van der Waals surface area contributed by atoms with Crippen LogP contribution in [0.2, 0.25) is 0 Å². The lowest BCUT2D eigenvalue weighted by molar-refractivity contribution is -0.116. The number of amides is 2. The molecular formula is C20H27N3O2. The molecule has 3 rings (SSSR count). The van der Waals surface area contributed by atoms with Gasteiger partial charge in [-0.3, -0.25) is 9.59 Å². The summed E-state index contributed by atoms with van der Waals surface area (Å²) in [5.74, 6) is 0.501. The molecule has 0 radical (unpaired) electrons. The van der Waals surface area contributed by atoms with E-state index in [1.54, 1.807) is 24.3 Å². The molecule has 1 aromatic rings. The van der Waals surface area contributed by atoms with Crippen molar-refractivity contribution >= 4 is 17.9 Å². The number of hydrogen-bond acceptors (Lipinski definition) is 3. The SMILES string of the molecule is CN1CCC(CNC(=O)/C=C/c2ccc(C(=O)NC3CC3)cc2)CC1. The highest BCUT2D eigenvalue weighted by atomic mass is 16.2. The van der Waals surface area contributed by atoms with Crippen molar-refractivity contribution in [2.24, 2.45) is 5.92 Å². The molecule has 1 aromatic carbocycles. The fourth-order valence-corrected chi connectivity index (χ4v) is 2.98. The van der Waals surface area contributed by atoms with Crippen molar-refractivity contribution in [3.05, 3.63) is 41.5 Å². The number of hydrogen-bond donors (Lipinski definition) is 2. The van der Waals surface area contributed by atoms with E-state index in [0.717, 1.165) is 50.9 Å². The van der Waals surface area contributed by atoms with Crippen molar-refractivity contribution in [3.63, 3.8) is 0 Å². The summed E-state index contributed by atoms with van der Waals surface area (Å²) in [5.41, 5.74) is 1.58. The minimum absolute atomic E-state index is 0.0195. The van der Waals surface area contributed by atoms with Crippen LogP contribution in [0, 0.1) is 5.92 Å². The molecule has 2 aliphatic rings. The van der Waals surface area contributed by atoms with Gasteiger partial charge in [0, 0.05) is 24.2 Å². The molecule has 1 aliphatic heterocycles. The number of likely N-dealkylation sites (tertiary alicyclic amines) is 1. The highest BCUT2D eigenvalue weighted by Crippen LogP contribution is 2.19. The summed E-state index contributed by atoms with van der Waals surface area (Å²) in [6.07, 6.45) is 7.80. The average molecular weight is 341 g/mol. The number of nitrogens with zero attached hydrogens (tertiary/aromatic N) is 1. The molecule has 5 nitrogen and oxygen atoms in total. The smallest absolute Gasteiger partial charge is 0.251 e. The van der Waals surface area contributed by atoms with Crippen LogP contribution in [-0.2, 0) is 4.79 Å². The van der Waals surface area contributed by atoms with E-state index >= 15 is 0 Å². The van der Waals surface area contributed by atoms with Gasteiger partial charge in [0.15, 0.2) is 0 Å². The number of benzene rings is 1. The number of rotatable bonds is 6. The Bertz CT molecular complexity index is 627. The average Bonchev–Trinajstić information content (AvgIpc) is 3.44. The van der Waals surface area contributed by atoms with Crippen molar-refractivity contribution in [2.45, 2.75) is 31.7 Å². The largest absolute Gasteiger partial charge is 0.352 e. The van der Waals surface area contributed by atoms with Crippen LogP contribution in [0.25, 0.3) is 6.08 Å². The van der Waals surface area contributed by atoms with E-state index in [4.69, 9.17) is 0 Å². The zero-order valence-corrected chi connectivity index (χ0v) is 14.8.